The molecule has 0 saturated heterocycles. The van der Waals surface area contributed by atoms with Crippen molar-refractivity contribution >= 4 is 11.6 Å². The molecule has 1 fully saturated rings. The van der Waals surface area contributed by atoms with Crippen molar-refractivity contribution in [1.29, 1.82) is 0 Å². The number of hydrogen-bond acceptors (Lipinski definition) is 3. The van der Waals surface area contributed by atoms with Crippen LogP contribution in [0.2, 0.25) is 0 Å². The number of benzene rings is 1. The Hall–Kier alpha value is -1.55. The van der Waals surface area contributed by atoms with Gasteiger partial charge in [0.15, 0.2) is 0 Å². The van der Waals surface area contributed by atoms with Gasteiger partial charge in [0.2, 0.25) is 5.91 Å². The van der Waals surface area contributed by atoms with Crippen LogP contribution in [0.5, 0.6) is 0 Å². The lowest BCUT2D eigenvalue weighted by atomic mass is 9.92. The number of ether oxygens (including phenoxy) is 1. The number of carbonyl (C=O) groups excluding carboxylic acids is 1. The Morgan fingerprint density at radius 3 is 2.62 bits per heavy atom. The Bertz CT molecular complexity index is 445. The van der Waals surface area contributed by atoms with Crippen LogP contribution >= 0.6 is 0 Å². The van der Waals surface area contributed by atoms with Gasteiger partial charge in [-0.1, -0.05) is 25.0 Å². The molecule has 0 aromatic heterocycles. The second-order valence-electron chi connectivity index (χ2n) is 5.64. The summed E-state index contributed by atoms with van der Waals surface area (Å²) < 4.78 is 5.56. The van der Waals surface area contributed by atoms with E-state index >= 15 is 0 Å². The Morgan fingerprint density at radius 2 is 1.95 bits per heavy atom. The normalized spacial score (nSPS) is 21.8. The van der Waals surface area contributed by atoms with Crippen molar-refractivity contribution < 1.29 is 9.53 Å². The van der Waals surface area contributed by atoms with Crippen LogP contribution in [0.1, 0.15) is 38.2 Å². The molecule has 1 saturated carbocycles. The lowest BCUT2D eigenvalue weighted by Crippen LogP contribution is -2.37. The highest BCUT2D eigenvalue weighted by Gasteiger charge is 2.24. The van der Waals surface area contributed by atoms with Crippen LogP contribution in [0.4, 0.5) is 5.69 Å². The average Bonchev–Trinajstić information content (AvgIpc) is 2.50. The van der Waals surface area contributed by atoms with Crippen molar-refractivity contribution in [3.8, 4) is 0 Å². The topological polar surface area (TPSA) is 50.4 Å². The van der Waals surface area contributed by atoms with E-state index in [1.807, 2.05) is 19.1 Å². The van der Waals surface area contributed by atoms with E-state index in [9.17, 15) is 4.79 Å². The Balaban J connectivity index is 1.91. The smallest absolute Gasteiger partial charge is 0.224 e. The standard InChI is InChI=1S/C17H26N2O2/c1-3-18-17(20)12-13-8-10-14(11-9-13)19-15-6-4-5-7-16(15)21-2/h8-11,15-16,19H,3-7,12H2,1-2H3,(H,18,20). The second kappa shape index (κ2) is 8.03. The summed E-state index contributed by atoms with van der Waals surface area (Å²) in [5.74, 6) is 0.0740. The third kappa shape index (κ3) is 4.74. The van der Waals surface area contributed by atoms with E-state index in [1.54, 1.807) is 7.11 Å². The SMILES string of the molecule is CCNC(=O)Cc1ccc(NC2CCCCC2OC)cc1. The second-order valence-corrected chi connectivity index (χ2v) is 5.64. The molecule has 1 amide bonds. The van der Waals surface area contributed by atoms with Crippen LogP contribution in [-0.2, 0) is 16.0 Å². The predicted octanol–water partition coefficient (Wildman–Crippen LogP) is 2.73. The Labute approximate surface area is 127 Å². The fourth-order valence-electron chi connectivity index (χ4n) is 2.92. The minimum absolute atomic E-state index is 0.0740. The first-order chi connectivity index (χ1) is 10.2. The summed E-state index contributed by atoms with van der Waals surface area (Å²) in [6.45, 7) is 2.61. The number of amides is 1. The van der Waals surface area contributed by atoms with Crippen LogP contribution in [0.3, 0.4) is 0 Å². The molecule has 2 atom stereocenters. The fourth-order valence-corrected chi connectivity index (χ4v) is 2.92. The van der Waals surface area contributed by atoms with Gasteiger partial charge in [0, 0.05) is 19.3 Å². The highest BCUT2D eigenvalue weighted by molar-refractivity contribution is 5.78. The molecule has 1 aliphatic carbocycles. The van der Waals surface area contributed by atoms with E-state index in [1.165, 1.54) is 12.8 Å². The number of anilines is 1. The summed E-state index contributed by atoms with van der Waals surface area (Å²) in [4.78, 5) is 11.6. The zero-order valence-corrected chi connectivity index (χ0v) is 13.0. The third-order valence-corrected chi connectivity index (χ3v) is 4.05. The molecule has 2 unspecified atom stereocenters. The van der Waals surface area contributed by atoms with Gasteiger partial charge in [-0.2, -0.15) is 0 Å². The highest BCUT2D eigenvalue weighted by atomic mass is 16.5. The minimum atomic E-state index is 0.0740. The maximum Gasteiger partial charge on any atom is 0.224 e. The molecular formula is C17H26N2O2. The quantitative estimate of drug-likeness (QED) is 0.847. The number of rotatable bonds is 6. The van der Waals surface area contributed by atoms with Gasteiger partial charge in [0.1, 0.15) is 0 Å². The molecule has 0 spiro atoms. The Kier molecular flexibility index (Phi) is 6.05. The van der Waals surface area contributed by atoms with Crippen LogP contribution in [0.15, 0.2) is 24.3 Å². The summed E-state index contributed by atoms with van der Waals surface area (Å²) in [5.41, 5.74) is 2.14. The third-order valence-electron chi connectivity index (χ3n) is 4.05. The molecule has 1 aliphatic rings. The fraction of sp³-hybridized carbons (Fsp3) is 0.588. The van der Waals surface area contributed by atoms with Crippen molar-refractivity contribution in [2.24, 2.45) is 0 Å². The van der Waals surface area contributed by atoms with Gasteiger partial charge in [0.05, 0.1) is 18.6 Å². The zero-order valence-electron chi connectivity index (χ0n) is 13.0. The molecule has 1 aromatic rings. The zero-order chi connectivity index (χ0) is 15.1. The van der Waals surface area contributed by atoms with Crippen molar-refractivity contribution in [2.45, 2.75) is 51.2 Å². The summed E-state index contributed by atoms with van der Waals surface area (Å²) in [7, 11) is 1.79. The first-order valence-corrected chi connectivity index (χ1v) is 7.88. The van der Waals surface area contributed by atoms with E-state index in [2.05, 4.69) is 22.8 Å². The van der Waals surface area contributed by atoms with Crippen LogP contribution in [0, 0.1) is 0 Å². The van der Waals surface area contributed by atoms with Crippen molar-refractivity contribution in [3.05, 3.63) is 29.8 Å². The monoisotopic (exact) mass is 290 g/mol. The van der Waals surface area contributed by atoms with Crippen LogP contribution in [-0.4, -0.2) is 31.7 Å². The molecule has 0 aliphatic heterocycles. The molecule has 0 heterocycles. The summed E-state index contributed by atoms with van der Waals surface area (Å²) >= 11 is 0. The van der Waals surface area contributed by atoms with Gasteiger partial charge < -0.3 is 15.4 Å². The van der Waals surface area contributed by atoms with E-state index in [0.717, 1.165) is 24.1 Å². The summed E-state index contributed by atoms with van der Waals surface area (Å²) in [5, 5.41) is 6.38. The van der Waals surface area contributed by atoms with Gasteiger partial charge in [-0.15, -0.1) is 0 Å². The van der Waals surface area contributed by atoms with Crippen molar-refractivity contribution in [2.75, 3.05) is 19.0 Å². The molecule has 2 rings (SSSR count). The highest BCUT2D eigenvalue weighted by Crippen LogP contribution is 2.24. The summed E-state index contributed by atoms with van der Waals surface area (Å²) in [6, 6.07) is 8.52. The van der Waals surface area contributed by atoms with E-state index in [4.69, 9.17) is 4.74 Å². The van der Waals surface area contributed by atoms with Crippen molar-refractivity contribution in [1.82, 2.24) is 5.32 Å². The number of nitrogens with one attached hydrogen (secondary N) is 2. The van der Waals surface area contributed by atoms with Crippen LogP contribution in [0.25, 0.3) is 0 Å². The number of carbonyl (C=O) groups is 1. The van der Waals surface area contributed by atoms with Gasteiger partial charge in [0.25, 0.3) is 0 Å². The minimum Gasteiger partial charge on any atom is -0.380 e. The number of likely N-dealkylation sites (N-methyl/N-ethyl adjacent to an activating group) is 1. The van der Waals surface area contributed by atoms with E-state index in [0.29, 0.717) is 25.1 Å². The van der Waals surface area contributed by atoms with Gasteiger partial charge in [-0.25, -0.2) is 0 Å². The van der Waals surface area contributed by atoms with E-state index < -0.39 is 0 Å². The molecular weight excluding hydrogens is 264 g/mol. The molecule has 4 nitrogen and oxygen atoms in total. The maximum absolute atomic E-state index is 11.6. The predicted molar refractivity (Wildman–Crippen MR) is 85.5 cm³/mol. The van der Waals surface area contributed by atoms with Crippen LogP contribution < -0.4 is 10.6 Å². The van der Waals surface area contributed by atoms with Gasteiger partial charge in [-0.05, 0) is 37.5 Å². The lowest BCUT2D eigenvalue weighted by molar-refractivity contribution is -0.120. The lowest BCUT2D eigenvalue weighted by Gasteiger charge is -2.31. The largest absolute Gasteiger partial charge is 0.380 e. The first kappa shape index (κ1) is 15.8. The first-order valence-electron chi connectivity index (χ1n) is 7.88. The Morgan fingerprint density at radius 1 is 1.24 bits per heavy atom. The molecule has 1 aromatic carbocycles. The summed E-state index contributed by atoms with van der Waals surface area (Å²) in [6.07, 6.45) is 5.53. The molecule has 0 radical (unpaired) electrons. The molecule has 116 valence electrons. The van der Waals surface area contributed by atoms with E-state index in [-0.39, 0.29) is 5.91 Å². The van der Waals surface area contributed by atoms with Gasteiger partial charge >= 0.3 is 0 Å². The molecule has 0 bridgehead atoms. The molecule has 2 N–H and O–H groups in total. The van der Waals surface area contributed by atoms with Crippen molar-refractivity contribution in [3.63, 3.8) is 0 Å². The van der Waals surface area contributed by atoms with Gasteiger partial charge in [-0.3, -0.25) is 4.79 Å². The number of hydrogen-bond donors (Lipinski definition) is 2. The molecule has 21 heavy (non-hydrogen) atoms. The number of methoxy groups -OCH3 is 1. The average molecular weight is 290 g/mol. The maximum atomic E-state index is 11.6. The molecule has 4 heteroatoms.